The molecule has 0 aliphatic rings. The second-order valence-electron chi connectivity index (χ2n) is 7.14. The Morgan fingerprint density at radius 2 is 1.12 bits per heavy atom. The van der Waals surface area contributed by atoms with Crippen LogP contribution in [-0.2, 0) is 6.42 Å². The highest BCUT2D eigenvalue weighted by Gasteiger charge is 1.96. The molecule has 0 saturated carbocycles. The number of hydrogen-bond acceptors (Lipinski definition) is 2. The van der Waals surface area contributed by atoms with Gasteiger partial charge in [0.05, 0.1) is 0 Å². The number of hydrogen-bond donors (Lipinski definition) is 2. The third kappa shape index (κ3) is 8.94. The molecule has 2 aromatic rings. The van der Waals surface area contributed by atoms with E-state index in [4.69, 9.17) is 0 Å². The van der Waals surface area contributed by atoms with Crippen LogP contribution in [0.3, 0.4) is 0 Å². The zero-order valence-corrected chi connectivity index (χ0v) is 16.5. The minimum absolute atomic E-state index is 1.04. The zero-order valence-electron chi connectivity index (χ0n) is 16.5. The van der Waals surface area contributed by atoms with Crippen LogP contribution in [0.5, 0.6) is 0 Å². The first-order valence-corrected chi connectivity index (χ1v) is 10.5. The molecule has 26 heavy (non-hydrogen) atoms. The van der Waals surface area contributed by atoms with Crippen molar-refractivity contribution in [1.82, 2.24) is 0 Å². The molecule has 2 rings (SSSR count). The first-order chi connectivity index (χ1) is 12.9. The van der Waals surface area contributed by atoms with Gasteiger partial charge in [0, 0.05) is 24.5 Å². The topological polar surface area (TPSA) is 24.1 Å². The molecule has 0 aromatic heterocycles. The van der Waals surface area contributed by atoms with Crippen molar-refractivity contribution < 1.29 is 0 Å². The Kier molecular flexibility index (Phi) is 10.4. The molecule has 2 aromatic carbocycles. The molecule has 142 valence electrons. The fourth-order valence-corrected chi connectivity index (χ4v) is 3.18. The molecule has 0 aliphatic heterocycles. The highest BCUT2D eigenvalue weighted by Crippen LogP contribution is 2.14. The van der Waals surface area contributed by atoms with Crippen molar-refractivity contribution in [2.45, 2.75) is 64.7 Å². The molecule has 0 atom stereocenters. The summed E-state index contributed by atoms with van der Waals surface area (Å²) >= 11 is 0. The predicted octanol–water partition coefficient (Wildman–Crippen LogP) is 6.89. The van der Waals surface area contributed by atoms with Gasteiger partial charge in [0.15, 0.2) is 0 Å². The summed E-state index contributed by atoms with van der Waals surface area (Å²) in [6.07, 6.45) is 11.7. The van der Waals surface area contributed by atoms with E-state index in [0.717, 1.165) is 13.1 Å². The Morgan fingerprint density at radius 3 is 1.73 bits per heavy atom. The number of nitrogens with one attached hydrogen (secondary N) is 2. The van der Waals surface area contributed by atoms with E-state index in [1.807, 2.05) is 0 Å². The molecule has 2 N–H and O–H groups in total. The van der Waals surface area contributed by atoms with E-state index in [1.54, 1.807) is 0 Å². The summed E-state index contributed by atoms with van der Waals surface area (Å²) in [6.45, 7) is 4.39. The van der Waals surface area contributed by atoms with E-state index in [2.05, 4.69) is 72.2 Å². The Morgan fingerprint density at radius 1 is 0.577 bits per heavy atom. The largest absolute Gasteiger partial charge is 0.385 e. The lowest BCUT2D eigenvalue weighted by molar-refractivity contribution is 0.617. The smallest absolute Gasteiger partial charge is 0.0341 e. The molecular weight excluding hydrogens is 316 g/mol. The SMILES string of the molecule is CCCCCCCCNc1ccc(NCCCCc2ccccc2)cc1. The van der Waals surface area contributed by atoms with Crippen molar-refractivity contribution in [2.24, 2.45) is 0 Å². The van der Waals surface area contributed by atoms with Crippen LogP contribution >= 0.6 is 0 Å². The van der Waals surface area contributed by atoms with E-state index in [9.17, 15) is 0 Å². The first-order valence-electron chi connectivity index (χ1n) is 10.5. The van der Waals surface area contributed by atoms with Crippen LogP contribution in [0.15, 0.2) is 54.6 Å². The van der Waals surface area contributed by atoms with Gasteiger partial charge in [0.2, 0.25) is 0 Å². The molecular formula is C24H36N2. The van der Waals surface area contributed by atoms with Crippen LogP contribution in [0, 0.1) is 0 Å². The van der Waals surface area contributed by atoms with Crippen molar-refractivity contribution in [3.8, 4) is 0 Å². The summed E-state index contributed by atoms with van der Waals surface area (Å²) < 4.78 is 0. The van der Waals surface area contributed by atoms with E-state index in [0.29, 0.717) is 0 Å². The van der Waals surface area contributed by atoms with Crippen LogP contribution in [-0.4, -0.2) is 13.1 Å². The Labute approximate surface area is 160 Å². The summed E-state index contributed by atoms with van der Waals surface area (Å²) in [5, 5.41) is 7.06. The lowest BCUT2D eigenvalue weighted by Gasteiger charge is -2.09. The van der Waals surface area contributed by atoms with E-state index >= 15 is 0 Å². The van der Waals surface area contributed by atoms with Crippen molar-refractivity contribution >= 4 is 11.4 Å². The highest BCUT2D eigenvalue weighted by molar-refractivity contribution is 5.53. The maximum absolute atomic E-state index is 3.53. The minimum atomic E-state index is 1.04. The monoisotopic (exact) mass is 352 g/mol. The van der Waals surface area contributed by atoms with Crippen LogP contribution in [0.25, 0.3) is 0 Å². The molecule has 0 unspecified atom stereocenters. The van der Waals surface area contributed by atoms with Gasteiger partial charge in [0.1, 0.15) is 0 Å². The number of benzene rings is 2. The third-order valence-corrected chi connectivity index (χ3v) is 4.81. The lowest BCUT2D eigenvalue weighted by Crippen LogP contribution is -2.03. The number of unbranched alkanes of at least 4 members (excludes halogenated alkanes) is 6. The maximum Gasteiger partial charge on any atom is 0.0341 e. The molecule has 0 radical (unpaired) electrons. The van der Waals surface area contributed by atoms with Crippen molar-refractivity contribution in [3.63, 3.8) is 0 Å². The van der Waals surface area contributed by atoms with Gasteiger partial charge in [-0.15, -0.1) is 0 Å². The van der Waals surface area contributed by atoms with Gasteiger partial charge in [-0.2, -0.15) is 0 Å². The molecule has 0 amide bonds. The summed E-state index contributed by atoms with van der Waals surface area (Å²) in [4.78, 5) is 0. The number of rotatable bonds is 14. The fourth-order valence-electron chi connectivity index (χ4n) is 3.18. The predicted molar refractivity (Wildman–Crippen MR) is 116 cm³/mol. The summed E-state index contributed by atoms with van der Waals surface area (Å²) in [6, 6.07) is 19.5. The van der Waals surface area contributed by atoms with Gasteiger partial charge in [-0.3, -0.25) is 0 Å². The highest BCUT2D eigenvalue weighted by atomic mass is 14.9. The van der Waals surface area contributed by atoms with Gasteiger partial charge in [-0.05, 0) is 55.5 Å². The van der Waals surface area contributed by atoms with E-state index in [-0.39, 0.29) is 0 Å². The average Bonchev–Trinajstić information content (AvgIpc) is 2.69. The molecule has 0 heterocycles. The van der Waals surface area contributed by atoms with Crippen LogP contribution < -0.4 is 10.6 Å². The van der Waals surface area contributed by atoms with E-state index < -0.39 is 0 Å². The fraction of sp³-hybridized carbons (Fsp3) is 0.500. The molecule has 0 bridgehead atoms. The van der Waals surface area contributed by atoms with Gasteiger partial charge >= 0.3 is 0 Å². The molecule has 0 fully saturated rings. The molecule has 0 saturated heterocycles. The van der Waals surface area contributed by atoms with Gasteiger partial charge in [0.25, 0.3) is 0 Å². The second-order valence-corrected chi connectivity index (χ2v) is 7.14. The Balaban J connectivity index is 1.51. The Hall–Kier alpha value is -1.96. The van der Waals surface area contributed by atoms with E-state index in [1.165, 1.54) is 74.7 Å². The van der Waals surface area contributed by atoms with Gasteiger partial charge in [-0.1, -0.05) is 69.4 Å². The number of aryl methyl sites for hydroxylation is 1. The van der Waals surface area contributed by atoms with Crippen LogP contribution in [0.4, 0.5) is 11.4 Å². The molecule has 2 heteroatoms. The first kappa shape index (κ1) is 20.4. The standard InChI is InChI=1S/C24H36N2/c1-2-3-4-5-6-11-20-25-23-16-18-24(19-17-23)26-21-12-10-15-22-13-8-7-9-14-22/h7-9,13-14,16-19,25-26H,2-6,10-12,15,20-21H2,1H3. The minimum Gasteiger partial charge on any atom is -0.385 e. The van der Waals surface area contributed by atoms with Crippen molar-refractivity contribution in [3.05, 3.63) is 60.2 Å². The van der Waals surface area contributed by atoms with Crippen LogP contribution in [0.2, 0.25) is 0 Å². The molecule has 2 nitrogen and oxygen atoms in total. The quantitative estimate of drug-likeness (QED) is 0.362. The second kappa shape index (κ2) is 13.3. The lowest BCUT2D eigenvalue weighted by atomic mass is 10.1. The third-order valence-electron chi connectivity index (χ3n) is 4.81. The average molecular weight is 353 g/mol. The van der Waals surface area contributed by atoms with Gasteiger partial charge < -0.3 is 10.6 Å². The maximum atomic E-state index is 3.53. The van der Waals surface area contributed by atoms with Crippen molar-refractivity contribution in [2.75, 3.05) is 23.7 Å². The van der Waals surface area contributed by atoms with Crippen molar-refractivity contribution in [1.29, 1.82) is 0 Å². The zero-order chi connectivity index (χ0) is 18.3. The van der Waals surface area contributed by atoms with Crippen LogP contribution in [0.1, 0.15) is 63.9 Å². The summed E-state index contributed by atoms with van der Waals surface area (Å²) in [5.41, 5.74) is 3.89. The number of anilines is 2. The van der Waals surface area contributed by atoms with Gasteiger partial charge in [-0.25, -0.2) is 0 Å². The Bertz CT molecular complexity index is 563. The normalized spacial score (nSPS) is 10.7. The molecule has 0 aliphatic carbocycles. The summed E-state index contributed by atoms with van der Waals surface area (Å²) in [5.74, 6) is 0. The molecule has 0 spiro atoms. The summed E-state index contributed by atoms with van der Waals surface area (Å²) in [7, 11) is 0.